The molecular weight excluding hydrogens is 224 g/mol. The van der Waals surface area contributed by atoms with E-state index in [1.165, 1.54) is 11.1 Å². The fourth-order valence-electron chi connectivity index (χ4n) is 2.18. The first-order chi connectivity index (χ1) is 8.54. The van der Waals surface area contributed by atoms with E-state index in [0.717, 1.165) is 16.7 Å². The summed E-state index contributed by atoms with van der Waals surface area (Å²) in [6.07, 6.45) is 0.0681. The van der Waals surface area contributed by atoms with E-state index in [1.807, 2.05) is 24.3 Å². The van der Waals surface area contributed by atoms with E-state index in [0.29, 0.717) is 0 Å². The Morgan fingerprint density at radius 2 is 1.67 bits per heavy atom. The number of rotatable bonds is 3. The van der Waals surface area contributed by atoms with E-state index >= 15 is 0 Å². The number of hydrogen-bond acceptors (Lipinski definition) is 1. The van der Waals surface area contributed by atoms with Gasteiger partial charge in [0.05, 0.1) is 6.42 Å². The summed E-state index contributed by atoms with van der Waals surface area (Å²) in [5.41, 5.74) is 5.47. The number of carboxylic acid groups (broad SMARTS) is 1. The molecule has 0 unspecified atom stereocenters. The van der Waals surface area contributed by atoms with Crippen molar-refractivity contribution < 1.29 is 9.90 Å². The van der Waals surface area contributed by atoms with Gasteiger partial charge in [-0.3, -0.25) is 4.79 Å². The average Bonchev–Trinajstić information content (AvgIpc) is 2.27. The van der Waals surface area contributed by atoms with Crippen molar-refractivity contribution in [1.82, 2.24) is 0 Å². The van der Waals surface area contributed by atoms with Gasteiger partial charge in [0.15, 0.2) is 0 Å². The lowest BCUT2D eigenvalue weighted by Crippen LogP contribution is -1.99. The first-order valence-electron chi connectivity index (χ1n) is 5.94. The zero-order valence-corrected chi connectivity index (χ0v) is 10.6. The van der Waals surface area contributed by atoms with E-state index < -0.39 is 5.97 Å². The van der Waals surface area contributed by atoms with E-state index in [9.17, 15) is 4.79 Å². The van der Waals surface area contributed by atoms with Crippen LogP contribution in [-0.4, -0.2) is 11.1 Å². The minimum absolute atomic E-state index is 0.0681. The van der Waals surface area contributed by atoms with Crippen LogP contribution in [0, 0.1) is 13.8 Å². The van der Waals surface area contributed by atoms with Gasteiger partial charge >= 0.3 is 5.97 Å². The van der Waals surface area contributed by atoms with Crippen molar-refractivity contribution in [2.75, 3.05) is 0 Å². The highest BCUT2D eigenvalue weighted by atomic mass is 16.4. The number of hydrogen-bond donors (Lipinski definition) is 1. The minimum Gasteiger partial charge on any atom is -0.481 e. The average molecular weight is 240 g/mol. The molecule has 0 aromatic heterocycles. The Bertz CT molecular complexity index is 565. The minimum atomic E-state index is -0.799. The molecule has 0 heterocycles. The van der Waals surface area contributed by atoms with Gasteiger partial charge in [-0.2, -0.15) is 0 Å². The molecule has 18 heavy (non-hydrogen) atoms. The summed E-state index contributed by atoms with van der Waals surface area (Å²) < 4.78 is 0. The van der Waals surface area contributed by atoms with Crippen LogP contribution in [0.3, 0.4) is 0 Å². The molecule has 2 rings (SSSR count). The lowest BCUT2D eigenvalue weighted by atomic mass is 9.98. The van der Waals surface area contributed by atoms with Gasteiger partial charge in [0.2, 0.25) is 0 Å². The molecule has 2 aromatic rings. The quantitative estimate of drug-likeness (QED) is 0.890. The molecule has 1 N–H and O–H groups in total. The third kappa shape index (κ3) is 2.98. The van der Waals surface area contributed by atoms with E-state index in [1.54, 1.807) is 0 Å². The van der Waals surface area contributed by atoms with Gasteiger partial charge in [0, 0.05) is 0 Å². The normalized spacial score (nSPS) is 10.3. The summed E-state index contributed by atoms with van der Waals surface area (Å²) in [6, 6.07) is 14.1. The molecule has 0 fully saturated rings. The standard InChI is InChI=1S/C16H16O2/c1-11-6-12(2)8-15(7-11)14-5-3-4-13(9-14)10-16(17)18/h3-9H,10H2,1-2H3,(H,17,18). The third-order valence-corrected chi connectivity index (χ3v) is 2.84. The molecule has 2 nitrogen and oxygen atoms in total. The Hall–Kier alpha value is -2.09. The van der Waals surface area contributed by atoms with Crippen LogP contribution in [0.5, 0.6) is 0 Å². The molecule has 0 saturated heterocycles. The van der Waals surface area contributed by atoms with Gasteiger partial charge in [-0.1, -0.05) is 53.6 Å². The van der Waals surface area contributed by atoms with Crippen molar-refractivity contribution in [2.45, 2.75) is 20.3 Å². The lowest BCUT2D eigenvalue weighted by molar-refractivity contribution is -0.136. The van der Waals surface area contributed by atoms with Crippen LogP contribution in [0.4, 0.5) is 0 Å². The first-order valence-corrected chi connectivity index (χ1v) is 5.94. The summed E-state index contributed by atoms with van der Waals surface area (Å²) in [5.74, 6) is -0.799. The van der Waals surface area contributed by atoms with Crippen molar-refractivity contribution in [3.05, 3.63) is 59.2 Å². The zero-order valence-electron chi connectivity index (χ0n) is 10.6. The van der Waals surface area contributed by atoms with Gasteiger partial charge < -0.3 is 5.11 Å². The SMILES string of the molecule is Cc1cc(C)cc(-c2cccc(CC(=O)O)c2)c1. The Labute approximate surface area is 107 Å². The molecule has 2 heteroatoms. The molecule has 0 amide bonds. The molecule has 0 atom stereocenters. The maximum atomic E-state index is 10.7. The highest BCUT2D eigenvalue weighted by Crippen LogP contribution is 2.23. The Balaban J connectivity index is 2.41. The van der Waals surface area contributed by atoms with Gasteiger partial charge in [0.25, 0.3) is 0 Å². The van der Waals surface area contributed by atoms with Crippen molar-refractivity contribution >= 4 is 5.97 Å². The van der Waals surface area contributed by atoms with Gasteiger partial charge in [-0.05, 0) is 30.5 Å². The maximum absolute atomic E-state index is 10.7. The van der Waals surface area contributed by atoms with E-state index in [4.69, 9.17) is 5.11 Å². The topological polar surface area (TPSA) is 37.3 Å². The number of benzene rings is 2. The zero-order chi connectivity index (χ0) is 13.1. The fraction of sp³-hybridized carbons (Fsp3) is 0.188. The van der Waals surface area contributed by atoms with Crippen LogP contribution in [0.15, 0.2) is 42.5 Å². The molecule has 0 radical (unpaired) electrons. The highest BCUT2D eigenvalue weighted by Gasteiger charge is 2.04. The monoisotopic (exact) mass is 240 g/mol. The first kappa shape index (κ1) is 12.4. The second-order valence-electron chi connectivity index (χ2n) is 4.65. The summed E-state index contributed by atoms with van der Waals surface area (Å²) in [4.78, 5) is 10.7. The van der Waals surface area contributed by atoms with E-state index in [2.05, 4.69) is 32.0 Å². The molecule has 0 aliphatic rings. The molecule has 0 aliphatic heterocycles. The fourth-order valence-corrected chi connectivity index (χ4v) is 2.18. The molecule has 2 aromatic carbocycles. The van der Waals surface area contributed by atoms with Crippen molar-refractivity contribution in [1.29, 1.82) is 0 Å². The Kier molecular flexibility index (Phi) is 3.47. The van der Waals surface area contributed by atoms with Gasteiger partial charge in [-0.25, -0.2) is 0 Å². The Morgan fingerprint density at radius 1 is 1.00 bits per heavy atom. The summed E-state index contributed by atoms with van der Waals surface area (Å²) >= 11 is 0. The highest BCUT2D eigenvalue weighted by molar-refractivity contribution is 5.72. The van der Waals surface area contributed by atoms with Crippen LogP contribution in [0.2, 0.25) is 0 Å². The summed E-state index contributed by atoms with van der Waals surface area (Å²) in [5, 5.41) is 8.82. The largest absolute Gasteiger partial charge is 0.481 e. The van der Waals surface area contributed by atoms with Crippen LogP contribution in [0.25, 0.3) is 11.1 Å². The van der Waals surface area contributed by atoms with Crippen LogP contribution in [0.1, 0.15) is 16.7 Å². The van der Waals surface area contributed by atoms with Crippen LogP contribution in [-0.2, 0) is 11.2 Å². The third-order valence-electron chi connectivity index (χ3n) is 2.84. The number of aryl methyl sites for hydroxylation is 2. The predicted octanol–water partition coefficient (Wildman–Crippen LogP) is 3.60. The van der Waals surface area contributed by atoms with E-state index in [-0.39, 0.29) is 6.42 Å². The number of carboxylic acids is 1. The van der Waals surface area contributed by atoms with Crippen molar-refractivity contribution in [3.63, 3.8) is 0 Å². The second-order valence-corrected chi connectivity index (χ2v) is 4.65. The Morgan fingerprint density at radius 3 is 2.28 bits per heavy atom. The summed E-state index contributed by atoms with van der Waals surface area (Å²) in [6.45, 7) is 4.13. The van der Waals surface area contributed by atoms with Crippen LogP contribution < -0.4 is 0 Å². The number of aliphatic carboxylic acids is 1. The molecular formula is C16H16O2. The van der Waals surface area contributed by atoms with Crippen molar-refractivity contribution in [3.8, 4) is 11.1 Å². The summed E-state index contributed by atoms with van der Waals surface area (Å²) in [7, 11) is 0. The molecule has 0 saturated carbocycles. The smallest absolute Gasteiger partial charge is 0.307 e. The lowest BCUT2D eigenvalue weighted by Gasteiger charge is -2.07. The maximum Gasteiger partial charge on any atom is 0.307 e. The van der Waals surface area contributed by atoms with Gasteiger partial charge in [0.1, 0.15) is 0 Å². The second kappa shape index (κ2) is 5.05. The van der Waals surface area contributed by atoms with Crippen molar-refractivity contribution in [2.24, 2.45) is 0 Å². The molecule has 0 spiro atoms. The molecule has 0 bridgehead atoms. The predicted molar refractivity (Wildman–Crippen MR) is 72.7 cm³/mol. The van der Waals surface area contributed by atoms with Crippen LogP contribution >= 0.6 is 0 Å². The molecule has 92 valence electrons. The van der Waals surface area contributed by atoms with Gasteiger partial charge in [-0.15, -0.1) is 0 Å². The molecule has 0 aliphatic carbocycles. The number of carbonyl (C=O) groups is 1.